The molecule has 1 aliphatic carbocycles. The normalized spacial score (nSPS) is 25.2. The van der Waals surface area contributed by atoms with E-state index in [1.54, 1.807) is 4.31 Å². The number of rotatable bonds is 6. The minimum absolute atomic E-state index is 0.0306. The quantitative estimate of drug-likeness (QED) is 0.783. The lowest BCUT2D eigenvalue weighted by molar-refractivity contribution is -0.127. The highest BCUT2D eigenvalue weighted by Crippen LogP contribution is 2.28. The summed E-state index contributed by atoms with van der Waals surface area (Å²) >= 11 is 1.89. The molecule has 0 aromatic heterocycles. The zero-order valence-corrected chi connectivity index (χ0v) is 17.6. The van der Waals surface area contributed by atoms with Crippen molar-refractivity contribution in [3.05, 3.63) is 35.9 Å². The molecule has 2 atom stereocenters. The van der Waals surface area contributed by atoms with Gasteiger partial charge in [-0.2, -0.15) is 11.8 Å². The maximum atomic E-state index is 12.6. The Kier molecular flexibility index (Phi) is 7.22. The van der Waals surface area contributed by atoms with Gasteiger partial charge in [-0.05, 0) is 43.9 Å². The Morgan fingerprint density at radius 2 is 1.85 bits per heavy atom. The van der Waals surface area contributed by atoms with Crippen molar-refractivity contribution in [1.29, 1.82) is 0 Å². The molecule has 27 heavy (non-hydrogen) atoms. The van der Waals surface area contributed by atoms with Gasteiger partial charge in [0.25, 0.3) is 0 Å². The topological polar surface area (TPSA) is 66.5 Å². The van der Waals surface area contributed by atoms with E-state index in [9.17, 15) is 13.2 Å². The average molecular weight is 411 g/mol. The van der Waals surface area contributed by atoms with E-state index in [4.69, 9.17) is 0 Å². The lowest BCUT2D eigenvalue weighted by Crippen LogP contribution is -2.46. The monoisotopic (exact) mass is 410 g/mol. The molecule has 1 heterocycles. The predicted molar refractivity (Wildman–Crippen MR) is 111 cm³/mol. The van der Waals surface area contributed by atoms with Crippen molar-refractivity contribution in [1.82, 2.24) is 9.62 Å². The van der Waals surface area contributed by atoms with Gasteiger partial charge in [0.05, 0.1) is 5.75 Å². The first kappa shape index (κ1) is 20.7. The van der Waals surface area contributed by atoms with E-state index in [1.807, 2.05) is 42.1 Å². The molecule has 2 unspecified atom stereocenters. The molecular formula is C20H30N2O3S2. The second kappa shape index (κ2) is 9.43. The van der Waals surface area contributed by atoms with E-state index in [0.717, 1.165) is 18.4 Å². The minimum Gasteiger partial charge on any atom is -0.353 e. The first-order valence-electron chi connectivity index (χ1n) is 9.83. The molecule has 0 spiro atoms. The second-order valence-electron chi connectivity index (χ2n) is 7.64. The van der Waals surface area contributed by atoms with E-state index in [-0.39, 0.29) is 23.6 Å². The Bertz CT molecular complexity index is 716. The molecule has 1 N–H and O–H groups in total. The van der Waals surface area contributed by atoms with Crippen LogP contribution in [0.1, 0.15) is 44.1 Å². The van der Waals surface area contributed by atoms with Gasteiger partial charge in [-0.1, -0.05) is 36.8 Å². The highest BCUT2D eigenvalue weighted by atomic mass is 32.2. The number of nitrogens with zero attached hydrogens (tertiary/aromatic N) is 1. The van der Waals surface area contributed by atoms with Crippen molar-refractivity contribution in [3.63, 3.8) is 0 Å². The molecule has 2 fully saturated rings. The predicted octanol–water partition coefficient (Wildman–Crippen LogP) is 3.02. The van der Waals surface area contributed by atoms with Crippen molar-refractivity contribution in [2.24, 2.45) is 5.92 Å². The van der Waals surface area contributed by atoms with Crippen LogP contribution in [-0.4, -0.2) is 49.3 Å². The number of sulfonamides is 1. The fourth-order valence-corrected chi connectivity index (χ4v) is 6.47. The smallest absolute Gasteiger partial charge is 0.223 e. The molecule has 1 aliphatic heterocycles. The van der Waals surface area contributed by atoms with Crippen LogP contribution in [0.25, 0.3) is 0 Å². The van der Waals surface area contributed by atoms with Gasteiger partial charge in [0.2, 0.25) is 15.9 Å². The standard InChI is InChI=1S/C20H30N2O3S2/c1-26-19-9-5-8-18(14-19)21-20(23)17-10-12-22(13-11-17)27(24,25)15-16-6-3-2-4-7-16/h2-4,6-7,17-19H,5,8-15H2,1H3,(H,21,23). The molecule has 1 amide bonds. The van der Waals surface area contributed by atoms with E-state index >= 15 is 0 Å². The van der Waals surface area contributed by atoms with Crippen LogP contribution in [0.3, 0.4) is 0 Å². The van der Waals surface area contributed by atoms with Crippen LogP contribution < -0.4 is 5.32 Å². The van der Waals surface area contributed by atoms with Gasteiger partial charge < -0.3 is 5.32 Å². The lowest BCUT2D eigenvalue weighted by atomic mass is 9.92. The third-order valence-electron chi connectivity index (χ3n) is 5.72. The molecule has 1 aromatic carbocycles. The molecule has 5 nitrogen and oxygen atoms in total. The van der Waals surface area contributed by atoms with Gasteiger partial charge in [-0.3, -0.25) is 4.79 Å². The zero-order chi connectivity index (χ0) is 19.3. The van der Waals surface area contributed by atoms with Crippen LogP contribution in [0.4, 0.5) is 0 Å². The summed E-state index contributed by atoms with van der Waals surface area (Å²) in [7, 11) is -3.32. The highest BCUT2D eigenvalue weighted by molar-refractivity contribution is 7.99. The Morgan fingerprint density at radius 3 is 2.52 bits per heavy atom. The second-order valence-corrected chi connectivity index (χ2v) is 10.8. The fraction of sp³-hybridized carbons (Fsp3) is 0.650. The summed E-state index contributed by atoms with van der Waals surface area (Å²) in [5.74, 6) is 0.0766. The fourth-order valence-electron chi connectivity index (χ4n) is 4.08. The van der Waals surface area contributed by atoms with Crippen molar-refractivity contribution >= 4 is 27.7 Å². The summed E-state index contributed by atoms with van der Waals surface area (Å²) in [6, 6.07) is 9.55. The molecule has 7 heteroatoms. The van der Waals surface area contributed by atoms with E-state index in [2.05, 4.69) is 11.6 Å². The van der Waals surface area contributed by atoms with Crippen molar-refractivity contribution in [3.8, 4) is 0 Å². The lowest BCUT2D eigenvalue weighted by Gasteiger charge is -2.33. The van der Waals surface area contributed by atoms with Crippen LogP contribution in [-0.2, 0) is 20.6 Å². The number of hydrogen-bond acceptors (Lipinski definition) is 4. The van der Waals surface area contributed by atoms with Crippen LogP contribution in [0.5, 0.6) is 0 Å². The summed E-state index contributed by atoms with van der Waals surface area (Å²) in [5.41, 5.74) is 0.804. The van der Waals surface area contributed by atoms with Gasteiger partial charge in [0, 0.05) is 30.3 Å². The Balaban J connectivity index is 1.48. The Hall–Kier alpha value is -1.05. The molecule has 0 radical (unpaired) electrons. The van der Waals surface area contributed by atoms with Gasteiger partial charge in [-0.25, -0.2) is 12.7 Å². The van der Waals surface area contributed by atoms with Crippen molar-refractivity contribution < 1.29 is 13.2 Å². The summed E-state index contributed by atoms with van der Waals surface area (Å²) in [4.78, 5) is 12.6. The third kappa shape index (κ3) is 5.72. The van der Waals surface area contributed by atoms with Crippen LogP contribution >= 0.6 is 11.8 Å². The molecule has 3 rings (SSSR count). The Labute approximate surface area is 167 Å². The number of benzene rings is 1. The molecule has 1 aromatic rings. The summed E-state index contributed by atoms with van der Waals surface area (Å²) in [6.45, 7) is 0.872. The van der Waals surface area contributed by atoms with E-state index < -0.39 is 10.0 Å². The SMILES string of the molecule is CSC1CCCC(NC(=O)C2CCN(S(=O)(=O)Cc3ccccc3)CC2)C1. The number of nitrogens with one attached hydrogen (secondary N) is 1. The maximum Gasteiger partial charge on any atom is 0.223 e. The molecule has 1 saturated heterocycles. The molecule has 1 saturated carbocycles. The van der Waals surface area contributed by atoms with Crippen LogP contribution in [0, 0.1) is 5.92 Å². The largest absolute Gasteiger partial charge is 0.353 e. The van der Waals surface area contributed by atoms with Gasteiger partial charge in [0.15, 0.2) is 0 Å². The number of thioether (sulfide) groups is 1. The number of amides is 1. The third-order valence-corrected chi connectivity index (χ3v) is 8.66. The zero-order valence-electron chi connectivity index (χ0n) is 16.0. The summed E-state index contributed by atoms with van der Waals surface area (Å²) in [6.07, 6.45) is 7.89. The summed E-state index contributed by atoms with van der Waals surface area (Å²) in [5, 5.41) is 3.87. The highest BCUT2D eigenvalue weighted by Gasteiger charge is 2.32. The van der Waals surface area contributed by atoms with Crippen molar-refractivity contribution in [2.45, 2.75) is 55.6 Å². The molecule has 0 bridgehead atoms. The van der Waals surface area contributed by atoms with E-state index in [0.29, 0.717) is 31.2 Å². The number of piperidine rings is 1. The maximum absolute atomic E-state index is 12.6. The van der Waals surface area contributed by atoms with Crippen LogP contribution in [0.2, 0.25) is 0 Å². The molecule has 2 aliphatic rings. The van der Waals surface area contributed by atoms with Crippen LogP contribution in [0.15, 0.2) is 30.3 Å². The number of carbonyl (C=O) groups is 1. The van der Waals surface area contributed by atoms with Gasteiger partial charge in [0.1, 0.15) is 0 Å². The molecule has 150 valence electrons. The van der Waals surface area contributed by atoms with Gasteiger partial charge >= 0.3 is 0 Å². The van der Waals surface area contributed by atoms with Gasteiger partial charge in [-0.15, -0.1) is 0 Å². The first-order chi connectivity index (χ1) is 13.0. The summed E-state index contributed by atoms with van der Waals surface area (Å²) < 4.78 is 26.8. The number of hydrogen-bond donors (Lipinski definition) is 1. The average Bonchev–Trinajstić information content (AvgIpc) is 2.68. The minimum atomic E-state index is -3.32. The first-order valence-corrected chi connectivity index (χ1v) is 12.7. The molecular weight excluding hydrogens is 380 g/mol. The Morgan fingerprint density at radius 1 is 1.15 bits per heavy atom. The van der Waals surface area contributed by atoms with Crippen molar-refractivity contribution in [2.75, 3.05) is 19.3 Å². The number of carbonyl (C=O) groups excluding carboxylic acids is 1. The van der Waals surface area contributed by atoms with E-state index in [1.165, 1.54) is 12.8 Å².